The Morgan fingerprint density at radius 1 is 0.755 bits per heavy atom. The summed E-state index contributed by atoms with van der Waals surface area (Å²) in [6.45, 7) is 1.38. The second kappa shape index (κ2) is 18.0. The van der Waals surface area contributed by atoms with Gasteiger partial charge in [-0.05, 0) is 55.2 Å². The second-order valence-electron chi connectivity index (χ2n) is 13.1. The van der Waals surface area contributed by atoms with Gasteiger partial charge in [-0.1, -0.05) is 79.4 Å². The highest BCUT2D eigenvalue weighted by molar-refractivity contribution is 7.92. The van der Waals surface area contributed by atoms with E-state index in [0.717, 1.165) is 53.1 Å². The number of anilines is 1. The number of ether oxygens (including phenoxy) is 4. The molecule has 0 saturated heterocycles. The largest absolute Gasteiger partial charge is 0.497 e. The fourth-order valence-corrected chi connectivity index (χ4v) is 8.03. The summed E-state index contributed by atoms with van der Waals surface area (Å²) in [6, 6.07) is 25.2. The van der Waals surface area contributed by atoms with Crippen LogP contribution in [-0.4, -0.2) is 72.2 Å². The molecule has 1 fully saturated rings. The van der Waals surface area contributed by atoms with Gasteiger partial charge >= 0.3 is 0 Å². The number of rotatable bonds is 16. The lowest BCUT2D eigenvalue weighted by Gasteiger charge is -2.35. The predicted molar refractivity (Wildman–Crippen MR) is 204 cm³/mol. The summed E-state index contributed by atoms with van der Waals surface area (Å²) in [5.74, 6) is 0.217. The summed E-state index contributed by atoms with van der Waals surface area (Å²) >= 11 is 0. The lowest BCUT2D eigenvalue weighted by Crippen LogP contribution is -2.55. The molecule has 2 amide bonds. The van der Waals surface area contributed by atoms with Crippen LogP contribution in [0, 0.1) is 6.92 Å². The predicted octanol–water partition coefficient (Wildman–Crippen LogP) is 6.31. The van der Waals surface area contributed by atoms with E-state index in [0.29, 0.717) is 11.5 Å². The van der Waals surface area contributed by atoms with Crippen molar-refractivity contribution < 1.29 is 37.0 Å². The number of nitrogens with zero attached hydrogens (tertiary/aromatic N) is 2. The van der Waals surface area contributed by atoms with Crippen molar-refractivity contribution in [1.82, 2.24) is 10.2 Å². The fourth-order valence-electron chi connectivity index (χ4n) is 6.60. The van der Waals surface area contributed by atoms with E-state index < -0.39 is 28.5 Å². The molecule has 5 rings (SSSR count). The molecule has 1 aliphatic carbocycles. The van der Waals surface area contributed by atoms with Crippen LogP contribution in [0.15, 0.2) is 95.9 Å². The minimum absolute atomic E-state index is 0.00572. The topological polar surface area (TPSA) is 124 Å². The van der Waals surface area contributed by atoms with Crippen molar-refractivity contribution in [3.63, 3.8) is 0 Å². The van der Waals surface area contributed by atoms with E-state index in [2.05, 4.69) is 5.32 Å². The molecule has 4 aromatic rings. The Kier molecular flexibility index (Phi) is 13.2. The summed E-state index contributed by atoms with van der Waals surface area (Å²) in [5, 5.41) is 3.24. The molecule has 11 nitrogen and oxygen atoms in total. The van der Waals surface area contributed by atoms with Gasteiger partial charge in [0.05, 0.1) is 39.0 Å². The van der Waals surface area contributed by atoms with Gasteiger partial charge in [0.1, 0.15) is 24.1 Å². The highest BCUT2D eigenvalue weighted by Crippen LogP contribution is 2.38. The molecule has 1 N–H and O–H groups in total. The third-order valence-corrected chi connectivity index (χ3v) is 11.3. The maximum absolute atomic E-state index is 15.0. The molecule has 0 spiro atoms. The van der Waals surface area contributed by atoms with Gasteiger partial charge in [-0.25, -0.2) is 8.42 Å². The van der Waals surface area contributed by atoms with Gasteiger partial charge in [0.25, 0.3) is 10.0 Å². The van der Waals surface area contributed by atoms with Crippen molar-refractivity contribution in [3.8, 4) is 23.0 Å². The number of carbonyl (C=O) groups excluding carboxylic acids is 2. The molecule has 53 heavy (non-hydrogen) atoms. The van der Waals surface area contributed by atoms with Crippen LogP contribution in [0.2, 0.25) is 0 Å². The number of amides is 2. The van der Waals surface area contributed by atoms with E-state index in [1.54, 1.807) is 12.1 Å². The normalized spacial score (nSPS) is 13.8. The quantitative estimate of drug-likeness (QED) is 0.142. The van der Waals surface area contributed by atoms with Crippen LogP contribution in [0.25, 0.3) is 0 Å². The van der Waals surface area contributed by atoms with Gasteiger partial charge in [0.15, 0.2) is 11.5 Å². The Bertz CT molecular complexity index is 1950. The van der Waals surface area contributed by atoms with Crippen molar-refractivity contribution in [2.45, 2.75) is 69.0 Å². The van der Waals surface area contributed by atoms with Gasteiger partial charge < -0.3 is 29.2 Å². The highest BCUT2D eigenvalue weighted by atomic mass is 32.2. The Morgan fingerprint density at radius 2 is 1.42 bits per heavy atom. The number of methoxy groups -OCH3 is 4. The van der Waals surface area contributed by atoms with Crippen LogP contribution in [0.1, 0.15) is 48.8 Å². The van der Waals surface area contributed by atoms with Crippen LogP contribution >= 0.6 is 0 Å². The Morgan fingerprint density at radius 3 is 2.06 bits per heavy atom. The first-order valence-electron chi connectivity index (χ1n) is 17.7. The van der Waals surface area contributed by atoms with Crippen molar-refractivity contribution in [2.75, 3.05) is 39.3 Å². The molecule has 0 aromatic heterocycles. The summed E-state index contributed by atoms with van der Waals surface area (Å²) in [4.78, 5) is 30.8. The number of aryl methyl sites for hydroxylation is 1. The van der Waals surface area contributed by atoms with Crippen molar-refractivity contribution in [3.05, 3.63) is 108 Å². The third-order valence-electron chi connectivity index (χ3n) is 9.57. The third kappa shape index (κ3) is 9.61. The Labute approximate surface area is 312 Å². The zero-order valence-electron chi connectivity index (χ0n) is 31.0. The van der Waals surface area contributed by atoms with Gasteiger partial charge in [-0.2, -0.15) is 0 Å². The van der Waals surface area contributed by atoms with Crippen LogP contribution in [0.3, 0.4) is 0 Å². The number of hydrogen-bond donors (Lipinski definition) is 1. The van der Waals surface area contributed by atoms with Crippen molar-refractivity contribution in [2.24, 2.45) is 0 Å². The highest BCUT2D eigenvalue weighted by Gasteiger charge is 2.37. The van der Waals surface area contributed by atoms with Gasteiger partial charge in [-0.3, -0.25) is 13.9 Å². The molecule has 12 heteroatoms. The summed E-state index contributed by atoms with van der Waals surface area (Å²) in [7, 11) is 1.26. The van der Waals surface area contributed by atoms with Crippen molar-refractivity contribution >= 4 is 27.5 Å². The van der Waals surface area contributed by atoms with Gasteiger partial charge in [-0.15, -0.1) is 0 Å². The molecular weight excluding hydrogens is 695 g/mol. The zero-order chi connectivity index (χ0) is 38.0. The summed E-state index contributed by atoms with van der Waals surface area (Å²) in [6.07, 6.45) is 5.11. The van der Waals surface area contributed by atoms with Crippen LogP contribution in [0.5, 0.6) is 23.0 Å². The standard InChI is InChI=1S/C41H49N3O8S/c1-29-16-18-31(19-17-29)27-43(36(24-30-12-8-6-9-13-30)41(46)42-32-14-10-7-11-15-32)40(45)28-44(35-25-33(49-2)20-22-37(35)50-3)53(47,48)34-21-23-38(51-4)39(26-34)52-5/h6,8-9,12-13,16-23,25-26,32,36H,7,10-11,14-15,24,27-28H2,1-5H3,(H,42,46). The lowest BCUT2D eigenvalue weighted by atomic mass is 9.94. The lowest BCUT2D eigenvalue weighted by molar-refractivity contribution is -0.140. The van der Waals surface area contributed by atoms with Crippen LogP contribution in [0.4, 0.5) is 5.69 Å². The van der Waals surface area contributed by atoms with E-state index in [-0.39, 0.29) is 47.0 Å². The van der Waals surface area contributed by atoms with E-state index in [9.17, 15) is 13.2 Å². The maximum Gasteiger partial charge on any atom is 0.265 e. The molecule has 282 valence electrons. The SMILES string of the molecule is COc1ccc(OC)c(N(CC(=O)N(Cc2ccc(C)cc2)C(Cc2ccccc2)C(=O)NC2CCCCC2)S(=O)(=O)c2ccc(OC)c(OC)c2)c1. The van der Waals surface area contributed by atoms with E-state index in [1.165, 1.54) is 57.6 Å². The molecule has 1 aliphatic rings. The number of nitrogens with one attached hydrogen (secondary N) is 1. The maximum atomic E-state index is 15.0. The van der Waals surface area contributed by atoms with E-state index >= 15 is 4.79 Å². The molecule has 1 unspecified atom stereocenters. The molecule has 0 bridgehead atoms. The molecule has 4 aromatic carbocycles. The summed E-state index contributed by atoms with van der Waals surface area (Å²) in [5.41, 5.74) is 2.78. The first-order valence-corrected chi connectivity index (χ1v) is 19.2. The average Bonchev–Trinajstić information content (AvgIpc) is 3.18. The number of benzene rings is 4. The van der Waals surface area contributed by atoms with E-state index in [4.69, 9.17) is 18.9 Å². The summed E-state index contributed by atoms with van der Waals surface area (Å²) < 4.78 is 52.4. The molecule has 1 atom stereocenters. The van der Waals surface area contributed by atoms with Crippen LogP contribution < -0.4 is 28.6 Å². The van der Waals surface area contributed by atoms with E-state index in [1.807, 2.05) is 61.5 Å². The van der Waals surface area contributed by atoms with Gasteiger partial charge in [0, 0.05) is 31.1 Å². The fraction of sp³-hybridized carbons (Fsp3) is 0.366. The number of carbonyl (C=O) groups is 2. The first-order chi connectivity index (χ1) is 25.6. The monoisotopic (exact) mass is 743 g/mol. The molecular formula is C41H49N3O8S. The molecule has 0 heterocycles. The molecule has 1 saturated carbocycles. The Balaban J connectivity index is 1.63. The van der Waals surface area contributed by atoms with Crippen LogP contribution in [-0.2, 0) is 32.6 Å². The van der Waals surface area contributed by atoms with Gasteiger partial charge in [0.2, 0.25) is 11.8 Å². The first kappa shape index (κ1) is 39.0. The minimum Gasteiger partial charge on any atom is -0.497 e. The zero-order valence-corrected chi connectivity index (χ0v) is 31.9. The molecule has 0 aliphatic heterocycles. The molecule has 0 radical (unpaired) electrons. The Hall–Kier alpha value is -5.23. The van der Waals surface area contributed by atoms with Crippen molar-refractivity contribution in [1.29, 1.82) is 0 Å². The minimum atomic E-state index is -4.49. The number of sulfonamides is 1. The average molecular weight is 744 g/mol. The number of hydrogen-bond acceptors (Lipinski definition) is 8. The smallest absolute Gasteiger partial charge is 0.265 e. The second-order valence-corrected chi connectivity index (χ2v) is 15.0.